The summed E-state index contributed by atoms with van der Waals surface area (Å²) < 4.78 is 5.29. The Bertz CT molecular complexity index is 1000. The lowest BCUT2D eigenvalue weighted by Crippen LogP contribution is -2.14. The smallest absolute Gasteiger partial charge is 0.230 e. The molecule has 0 spiro atoms. The summed E-state index contributed by atoms with van der Waals surface area (Å²) in [5.41, 5.74) is 9.73. The van der Waals surface area contributed by atoms with Gasteiger partial charge in [0.2, 0.25) is 5.91 Å². The molecule has 1 amide bonds. The van der Waals surface area contributed by atoms with Crippen molar-refractivity contribution in [2.75, 3.05) is 11.1 Å². The van der Waals surface area contributed by atoms with Crippen molar-refractivity contribution in [3.8, 4) is 11.3 Å². The van der Waals surface area contributed by atoms with Crippen molar-refractivity contribution < 1.29 is 9.32 Å². The maximum absolute atomic E-state index is 12.3. The molecule has 7 nitrogen and oxygen atoms in total. The van der Waals surface area contributed by atoms with Gasteiger partial charge in [-0.05, 0) is 19.4 Å². The Kier molecular flexibility index (Phi) is 5.18. The molecule has 2 heterocycles. The highest BCUT2D eigenvalue weighted by molar-refractivity contribution is 5.91. The lowest BCUT2D eigenvalue weighted by atomic mass is 9.93. The molecule has 0 radical (unpaired) electrons. The molecule has 0 unspecified atom stereocenters. The van der Waals surface area contributed by atoms with E-state index in [1.54, 1.807) is 6.07 Å². The summed E-state index contributed by atoms with van der Waals surface area (Å²) in [6.45, 7) is 9.78. The Labute approximate surface area is 164 Å². The van der Waals surface area contributed by atoms with Gasteiger partial charge < -0.3 is 15.6 Å². The van der Waals surface area contributed by atoms with E-state index in [1.807, 2.05) is 58.9 Å². The van der Waals surface area contributed by atoms with Crippen LogP contribution in [0.25, 0.3) is 11.3 Å². The van der Waals surface area contributed by atoms with Gasteiger partial charge >= 0.3 is 0 Å². The largest absolute Gasteiger partial charge is 0.382 e. The second kappa shape index (κ2) is 7.42. The number of rotatable bonds is 4. The molecule has 0 aliphatic heterocycles. The van der Waals surface area contributed by atoms with Crippen molar-refractivity contribution in [2.45, 2.75) is 46.5 Å². The second-order valence-electron chi connectivity index (χ2n) is 7.88. The minimum absolute atomic E-state index is 0.152. The molecule has 0 saturated heterocycles. The van der Waals surface area contributed by atoms with Crippen LogP contribution in [0.1, 0.15) is 43.5 Å². The van der Waals surface area contributed by atoms with Crippen LogP contribution in [0.5, 0.6) is 0 Å². The number of nitrogens with two attached hydrogens (primary N) is 1. The summed E-state index contributed by atoms with van der Waals surface area (Å²) in [5.74, 6) is 1.44. The fourth-order valence-electron chi connectivity index (χ4n) is 2.73. The molecule has 0 bridgehead atoms. The number of carbonyl (C=O) groups excluding carboxylic acids is 1. The van der Waals surface area contributed by atoms with E-state index >= 15 is 0 Å². The molecular formula is C21H25N5O2. The van der Waals surface area contributed by atoms with Gasteiger partial charge in [-0.25, -0.2) is 9.97 Å². The summed E-state index contributed by atoms with van der Waals surface area (Å²) >= 11 is 0. The Morgan fingerprint density at radius 3 is 2.39 bits per heavy atom. The van der Waals surface area contributed by atoms with Gasteiger partial charge in [-0.2, -0.15) is 0 Å². The van der Waals surface area contributed by atoms with Crippen LogP contribution in [0.2, 0.25) is 0 Å². The van der Waals surface area contributed by atoms with Crippen LogP contribution in [0.15, 0.2) is 34.9 Å². The monoisotopic (exact) mass is 379 g/mol. The topological polar surface area (TPSA) is 107 Å². The normalized spacial score (nSPS) is 11.5. The molecule has 0 aliphatic rings. The van der Waals surface area contributed by atoms with E-state index in [2.05, 4.69) is 20.4 Å². The predicted molar refractivity (Wildman–Crippen MR) is 109 cm³/mol. The number of aromatic nitrogens is 3. The van der Waals surface area contributed by atoms with Gasteiger partial charge in [0.05, 0.1) is 23.5 Å². The fourth-order valence-corrected chi connectivity index (χ4v) is 2.73. The highest BCUT2D eigenvalue weighted by Gasteiger charge is 2.20. The van der Waals surface area contributed by atoms with Crippen LogP contribution >= 0.6 is 0 Å². The summed E-state index contributed by atoms with van der Waals surface area (Å²) in [7, 11) is 0. The zero-order chi connectivity index (χ0) is 20.5. The third kappa shape index (κ3) is 4.36. The van der Waals surface area contributed by atoms with E-state index in [1.165, 1.54) is 0 Å². The molecule has 3 N–H and O–H groups in total. The van der Waals surface area contributed by atoms with Gasteiger partial charge in [0, 0.05) is 17.0 Å². The second-order valence-corrected chi connectivity index (χ2v) is 7.88. The van der Waals surface area contributed by atoms with E-state index in [0.717, 1.165) is 28.3 Å². The average molecular weight is 379 g/mol. The first-order valence-corrected chi connectivity index (χ1v) is 9.10. The van der Waals surface area contributed by atoms with Gasteiger partial charge in [0.25, 0.3) is 0 Å². The maximum atomic E-state index is 12.3. The Hall–Kier alpha value is -3.22. The highest BCUT2D eigenvalue weighted by Crippen LogP contribution is 2.25. The maximum Gasteiger partial charge on any atom is 0.230 e. The van der Waals surface area contributed by atoms with Gasteiger partial charge in [0.15, 0.2) is 5.82 Å². The molecule has 7 heteroatoms. The van der Waals surface area contributed by atoms with Crippen LogP contribution in [0, 0.1) is 13.8 Å². The molecule has 0 aliphatic carbocycles. The third-order valence-electron chi connectivity index (χ3n) is 4.39. The first kappa shape index (κ1) is 19.5. The van der Waals surface area contributed by atoms with E-state index < -0.39 is 0 Å². The van der Waals surface area contributed by atoms with Crippen LogP contribution in [0.3, 0.4) is 0 Å². The number of aryl methyl sites for hydroxylation is 2. The number of hydrogen-bond donors (Lipinski definition) is 2. The van der Waals surface area contributed by atoms with Gasteiger partial charge in [-0.15, -0.1) is 0 Å². The van der Waals surface area contributed by atoms with E-state index in [0.29, 0.717) is 17.3 Å². The Morgan fingerprint density at radius 1 is 1.11 bits per heavy atom. The number of hydrogen-bond acceptors (Lipinski definition) is 6. The first-order valence-electron chi connectivity index (χ1n) is 9.10. The summed E-state index contributed by atoms with van der Waals surface area (Å²) in [5, 5.41) is 6.68. The van der Waals surface area contributed by atoms with E-state index in [-0.39, 0.29) is 17.7 Å². The van der Waals surface area contributed by atoms with Gasteiger partial charge in [-0.3, -0.25) is 4.79 Å². The number of amides is 1. The van der Waals surface area contributed by atoms with Crippen molar-refractivity contribution in [1.29, 1.82) is 0 Å². The summed E-state index contributed by atoms with van der Waals surface area (Å²) in [6, 6.07) is 9.44. The van der Waals surface area contributed by atoms with Crippen molar-refractivity contribution in [1.82, 2.24) is 15.1 Å². The lowest BCUT2D eigenvalue weighted by Gasteiger charge is -2.12. The fraction of sp³-hybridized carbons (Fsp3) is 0.333. The van der Waals surface area contributed by atoms with Crippen molar-refractivity contribution in [3.05, 3.63) is 53.0 Å². The van der Waals surface area contributed by atoms with Crippen LogP contribution in [0.4, 0.5) is 11.6 Å². The van der Waals surface area contributed by atoms with E-state index in [9.17, 15) is 4.79 Å². The minimum Gasteiger partial charge on any atom is -0.382 e. The number of benzene rings is 1. The average Bonchev–Trinajstić information content (AvgIpc) is 3.08. The number of nitrogens with one attached hydrogen (secondary N) is 1. The predicted octanol–water partition coefficient (Wildman–Crippen LogP) is 3.81. The highest BCUT2D eigenvalue weighted by atomic mass is 16.5. The lowest BCUT2D eigenvalue weighted by molar-refractivity contribution is -0.115. The molecule has 2 aromatic heterocycles. The number of nitrogen functional groups attached to an aromatic ring is 1. The quantitative estimate of drug-likeness (QED) is 0.714. The minimum atomic E-state index is -0.159. The molecule has 3 aromatic rings. The molecule has 1 aromatic carbocycles. The van der Waals surface area contributed by atoms with Crippen molar-refractivity contribution in [3.63, 3.8) is 0 Å². The molecule has 28 heavy (non-hydrogen) atoms. The van der Waals surface area contributed by atoms with Crippen LogP contribution < -0.4 is 11.1 Å². The standard InChI is InChI=1S/C21H25N5O2/c1-12-19(23-13(2)20(22)24-12)15-8-6-14(7-9-15)10-18(27)25-17-11-16(28-26-17)21(3,4)5/h6-9,11H,10H2,1-5H3,(H2,22,24)(H,25,26,27). The number of anilines is 2. The zero-order valence-electron chi connectivity index (χ0n) is 16.8. The van der Waals surface area contributed by atoms with Crippen molar-refractivity contribution >= 4 is 17.5 Å². The number of nitrogens with zero attached hydrogens (tertiary/aromatic N) is 3. The van der Waals surface area contributed by atoms with Gasteiger partial charge in [0.1, 0.15) is 11.6 Å². The Balaban J connectivity index is 1.68. The molecule has 3 rings (SSSR count). The van der Waals surface area contributed by atoms with Crippen LogP contribution in [-0.4, -0.2) is 21.0 Å². The third-order valence-corrected chi connectivity index (χ3v) is 4.39. The molecule has 0 atom stereocenters. The summed E-state index contributed by atoms with van der Waals surface area (Å²) in [6.07, 6.45) is 0.240. The first-order chi connectivity index (χ1) is 13.1. The molecule has 146 valence electrons. The Morgan fingerprint density at radius 2 is 1.79 bits per heavy atom. The van der Waals surface area contributed by atoms with E-state index in [4.69, 9.17) is 10.3 Å². The molecule has 0 saturated carbocycles. The van der Waals surface area contributed by atoms with Crippen LogP contribution in [-0.2, 0) is 16.6 Å². The molecule has 0 fully saturated rings. The number of carbonyl (C=O) groups is 1. The van der Waals surface area contributed by atoms with Crippen molar-refractivity contribution in [2.24, 2.45) is 0 Å². The zero-order valence-corrected chi connectivity index (χ0v) is 16.8. The van der Waals surface area contributed by atoms with Gasteiger partial charge in [-0.1, -0.05) is 50.2 Å². The SMILES string of the molecule is Cc1nc(-c2ccc(CC(=O)Nc3cc(C(C)(C)C)on3)cc2)c(C)nc1N. The summed E-state index contributed by atoms with van der Waals surface area (Å²) in [4.78, 5) is 21.2. The molecular weight excluding hydrogens is 354 g/mol.